The Morgan fingerprint density at radius 2 is 1.93 bits per heavy atom. The van der Waals surface area contributed by atoms with Crippen LogP contribution < -0.4 is 5.32 Å². The van der Waals surface area contributed by atoms with Crippen molar-refractivity contribution in [2.24, 2.45) is 0 Å². The molecule has 1 aromatic heterocycles. The molecule has 2 aliphatic heterocycles. The van der Waals surface area contributed by atoms with E-state index in [4.69, 9.17) is 20.9 Å². The molecule has 1 aromatic carbocycles. The number of nitrogens with one attached hydrogen (secondary N) is 1. The van der Waals surface area contributed by atoms with E-state index in [1.54, 1.807) is 4.90 Å². The van der Waals surface area contributed by atoms with Crippen LogP contribution in [-0.2, 0) is 10.9 Å². The van der Waals surface area contributed by atoms with Crippen molar-refractivity contribution < 1.29 is 27.2 Å². The van der Waals surface area contributed by atoms with Crippen LogP contribution in [0.25, 0.3) is 0 Å². The second-order valence-corrected chi connectivity index (χ2v) is 7.66. The number of nitrogens with zero attached hydrogens (tertiary/aromatic N) is 2. The summed E-state index contributed by atoms with van der Waals surface area (Å²) >= 11 is 5.73. The van der Waals surface area contributed by atoms with Crippen molar-refractivity contribution in [2.75, 3.05) is 31.6 Å². The minimum absolute atomic E-state index is 0.150. The number of amides is 1. The maximum atomic E-state index is 12.8. The summed E-state index contributed by atoms with van der Waals surface area (Å²) in [6, 6.07) is 5.21. The fourth-order valence-corrected chi connectivity index (χ4v) is 3.80. The number of halogens is 4. The van der Waals surface area contributed by atoms with Crippen LogP contribution in [0.1, 0.15) is 40.4 Å². The first-order chi connectivity index (χ1) is 13.8. The molecule has 6 nitrogen and oxygen atoms in total. The maximum Gasteiger partial charge on any atom is 0.417 e. The SMILES string of the molecule is O=C(c1ccc(C(F)(F)F)c(Cl)c1)N1CCC(c2cc(NC3COC3)on2)CC1. The molecule has 0 unspecified atom stereocenters. The van der Waals surface area contributed by atoms with Crippen molar-refractivity contribution >= 4 is 23.4 Å². The number of rotatable bonds is 4. The largest absolute Gasteiger partial charge is 0.417 e. The van der Waals surface area contributed by atoms with Gasteiger partial charge in [0, 0.05) is 30.6 Å². The molecule has 10 heteroatoms. The van der Waals surface area contributed by atoms with Gasteiger partial charge in [-0.15, -0.1) is 0 Å². The van der Waals surface area contributed by atoms with Gasteiger partial charge < -0.3 is 19.5 Å². The van der Waals surface area contributed by atoms with Crippen molar-refractivity contribution in [1.29, 1.82) is 0 Å². The molecule has 4 rings (SSSR count). The summed E-state index contributed by atoms with van der Waals surface area (Å²) in [5, 5.41) is 6.84. The monoisotopic (exact) mass is 429 g/mol. The van der Waals surface area contributed by atoms with E-state index < -0.39 is 16.8 Å². The number of aromatic nitrogens is 1. The predicted molar refractivity (Wildman–Crippen MR) is 99.1 cm³/mol. The molecule has 3 heterocycles. The summed E-state index contributed by atoms with van der Waals surface area (Å²) in [6.07, 6.45) is -3.16. The van der Waals surface area contributed by atoms with Crippen molar-refractivity contribution in [2.45, 2.75) is 31.0 Å². The Kier molecular flexibility index (Phi) is 5.44. The van der Waals surface area contributed by atoms with Gasteiger partial charge in [-0.25, -0.2) is 0 Å². The van der Waals surface area contributed by atoms with Crippen molar-refractivity contribution in [3.05, 3.63) is 46.1 Å². The van der Waals surface area contributed by atoms with Crippen LogP contribution in [0, 0.1) is 0 Å². The molecule has 0 atom stereocenters. The van der Waals surface area contributed by atoms with Crippen molar-refractivity contribution in [3.8, 4) is 0 Å². The van der Waals surface area contributed by atoms with Crippen LogP contribution in [0.15, 0.2) is 28.8 Å². The number of benzene rings is 1. The molecule has 0 saturated carbocycles. The molecule has 0 radical (unpaired) electrons. The fourth-order valence-electron chi connectivity index (χ4n) is 3.51. The van der Waals surface area contributed by atoms with Gasteiger partial charge >= 0.3 is 6.18 Å². The third kappa shape index (κ3) is 4.35. The fraction of sp³-hybridized carbons (Fsp3) is 0.474. The molecule has 2 aliphatic rings. The van der Waals surface area contributed by atoms with E-state index in [-0.39, 0.29) is 23.4 Å². The molecule has 2 saturated heterocycles. The van der Waals surface area contributed by atoms with Gasteiger partial charge in [-0.1, -0.05) is 16.8 Å². The Balaban J connectivity index is 1.35. The van der Waals surface area contributed by atoms with Crippen LogP contribution in [0.2, 0.25) is 5.02 Å². The Hall–Kier alpha value is -2.26. The Labute approximate surface area is 169 Å². The highest BCUT2D eigenvalue weighted by molar-refractivity contribution is 6.31. The third-order valence-electron chi connectivity index (χ3n) is 5.23. The first-order valence-electron chi connectivity index (χ1n) is 9.28. The number of alkyl halides is 3. The number of ether oxygens (including phenoxy) is 1. The van der Waals surface area contributed by atoms with Gasteiger partial charge in [-0.05, 0) is 31.0 Å². The molecule has 0 aliphatic carbocycles. The van der Waals surface area contributed by atoms with Crippen LogP contribution in [-0.4, -0.2) is 48.3 Å². The number of hydrogen-bond donors (Lipinski definition) is 1. The number of carbonyl (C=O) groups excluding carboxylic acids is 1. The molecule has 1 amide bonds. The van der Waals surface area contributed by atoms with E-state index >= 15 is 0 Å². The lowest BCUT2D eigenvalue weighted by atomic mass is 9.93. The lowest BCUT2D eigenvalue weighted by Crippen LogP contribution is -2.40. The van der Waals surface area contributed by atoms with Gasteiger partial charge in [-0.2, -0.15) is 13.2 Å². The minimum atomic E-state index is -4.55. The quantitative estimate of drug-likeness (QED) is 0.789. The number of anilines is 1. The van der Waals surface area contributed by atoms with E-state index in [9.17, 15) is 18.0 Å². The first kappa shape index (κ1) is 20.0. The standard InChI is InChI=1S/C19H19ClF3N3O3/c20-15-7-12(1-2-14(15)19(21,22)23)18(27)26-5-3-11(4-6-26)16-8-17(29-25-16)24-13-9-28-10-13/h1-2,7-8,11,13,24H,3-6,9-10H2. The Bertz CT molecular complexity index is 890. The molecule has 2 fully saturated rings. The molecule has 2 aromatic rings. The predicted octanol–water partition coefficient (Wildman–Crippen LogP) is 4.18. The summed E-state index contributed by atoms with van der Waals surface area (Å²) in [7, 11) is 0. The molecular weight excluding hydrogens is 411 g/mol. The van der Waals surface area contributed by atoms with Crippen LogP contribution >= 0.6 is 11.6 Å². The average Bonchev–Trinajstić information content (AvgIpc) is 3.12. The number of hydrogen-bond acceptors (Lipinski definition) is 5. The Morgan fingerprint density at radius 1 is 1.21 bits per heavy atom. The van der Waals surface area contributed by atoms with E-state index in [1.807, 2.05) is 6.07 Å². The molecule has 0 bridgehead atoms. The lowest BCUT2D eigenvalue weighted by Gasteiger charge is -2.31. The average molecular weight is 430 g/mol. The minimum Gasteiger partial charge on any atom is -0.377 e. The van der Waals surface area contributed by atoms with E-state index in [1.165, 1.54) is 6.07 Å². The molecule has 156 valence electrons. The highest BCUT2D eigenvalue weighted by Gasteiger charge is 2.34. The van der Waals surface area contributed by atoms with Gasteiger partial charge in [0.15, 0.2) is 0 Å². The van der Waals surface area contributed by atoms with E-state index in [0.717, 1.165) is 17.8 Å². The number of piperidine rings is 1. The molecule has 29 heavy (non-hydrogen) atoms. The van der Waals surface area contributed by atoms with E-state index in [2.05, 4.69) is 10.5 Å². The van der Waals surface area contributed by atoms with Crippen LogP contribution in [0.4, 0.5) is 19.1 Å². The number of carbonyl (C=O) groups is 1. The zero-order valence-electron chi connectivity index (χ0n) is 15.3. The van der Waals surface area contributed by atoms with Gasteiger partial charge in [0.05, 0.1) is 35.5 Å². The highest BCUT2D eigenvalue weighted by atomic mass is 35.5. The zero-order valence-corrected chi connectivity index (χ0v) is 16.1. The van der Waals surface area contributed by atoms with Gasteiger partial charge in [0.1, 0.15) is 0 Å². The smallest absolute Gasteiger partial charge is 0.377 e. The lowest BCUT2D eigenvalue weighted by molar-refractivity contribution is -0.137. The summed E-state index contributed by atoms with van der Waals surface area (Å²) in [5.74, 6) is 0.435. The van der Waals surface area contributed by atoms with Gasteiger partial charge in [0.2, 0.25) is 5.88 Å². The summed E-state index contributed by atoms with van der Waals surface area (Å²) < 4.78 is 48.9. The van der Waals surface area contributed by atoms with Gasteiger partial charge in [0.25, 0.3) is 5.91 Å². The molecule has 0 spiro atoms. The number of likely N-dealkylation sites (tertiary alicyclic amines) is 1. The summed E-state index contributed by atoms with van der Waals surface area (Å²) in [5.41, 5.74) is 0.0350. The molecule has 1 N–H and O–H groups in total. The maximum absolute atomic E-state index is 12.8. The molecular formula is C19H19ClF3N3O3. The second kappa shape index (κ2) is 7.87. The third-order valence-corrected chi connectivity index (χ3v) is 5.55. The second-order valence-electron chi connectivity index (χ2n) is 7.25. The Morgan fingerprint density at radius 3 is 2.52 bits per heavy atom. The topological polar surface area (TPSA) is 67.6 Å². The van der Waals surface area contributed by atoms with E-state index in [0.29, 0.717) is 45.0 Å². The van der Waals surface area contributed by atoms with Gasteiger partial charge in [-0.3, -0.25) is 4.79 Å². The van der Waals surface area contributed by atoms with Crippen LogP contribution in [0.3, 0.4) is 0 Å². The first-order valence-corrected chi connectivity index (χ1v) is 9.66. The summed E-state index contributed by atoms with van der Waals surface area (Å²) in [6.45, 7) is 2.25. The van der Waals surface area contributed by atoms with Crippen LogP contribution in [0.5, 0.6) is 0 Å². The van der Waals surface area contributed by atoms with Crippen molar-refractivity contribution in [3.63, 3.8) is 0 Å². The zero-order chi connectivity index (χ0) is 20.6. The highest BCUT2D eigenvalue weighted by Crippen LogP contribution is 2.35. The normalized spacial score (nSPS) is 18.6. The van der Waals surface area contributed by atoms with Crippen molar-refractivity contribution in [1.82, 2.24) is 10.1 Å². The summed E-state index contributed by atoms with van der Waals surface area (Å²) in [4.78, 5) is 14.3.